The third-order valence-corrected chi connectivity index (χ3v) is 3.24. The molecular formula is C12H13ClN4O. The maximum absolute atomic E-state index is 6.28. The van der Waals surface area contributed by atoms with Gasteiger partial charge in [0.2, 0.25) is 0 Å². The molecule has 2 aromatic rings. The van der Waals surface area contributed by atoms with Crippen LogP contribution in [0, 0.1) is 0 Å². The Kier molecular flexibility index (Phi) is 3.27. The number of morpholine rings is 1. The lowest BCUT2D eigenvalue weighted by molar-refractivity contribution is 0.0277. The molecule has 1 aromatic heterocycles. The van der Waals surface area contributed by atoms with Crippen LogP contribution in [0.15, 0.2) is 30.9 Å². The van der Waals surface area contributed by atoms with Crippen LogP contribution in [0.2, 0.25) is 5.02 Å². The van der Waals surface area contributed by atoms with Gasteiger partial charge in [-0.1, -0.05) is 17.7 Å². The van der Waals surface area contributed by atoms with Crippen molar-refractivity contribution in [2.24, 2.45) is 0 Å². The summed E-state index contributed by atoms with van der Waals surface area (Å²) in [4.78, 5) is 3.91. The van der Waals surface area contributed by atoms with E-state index in [1.807, 2.05) is 18.2 Å². The van der Waals surface area contributed by atoms with E-state index >= 15 is 0 Å². The normalized spacial score (nSPS) is 19.9. The summed E-state index contributed by atoms with van der Waals surface area (Å²) in [6.07, 6.45) is 3.18. The number of nitrogens with zero attached hydrogens (tertiary/aromatic N) is 3. The van der Waals surface area contributed by atoms with Gasteiger partial charge < -0.3 is 10.1 Å². The Hall–Kier alpha value is -1.43. The molecule has 1 fully saturated rings. The summed E-state index contributed by atoms with van der Waals surface area (Å²) in [5, 5.41) is 8.01. The summed E-state index contributed by atoms with van der Waals surface area (Å²) >= 11 is 6.28. The molecule has 6 heteroatoms. The monoisotopic (exact) mass is 264 g/mol. The van der Waals surface area contributed by atoms with Crippen molar-refractivity contribution in [1.29, 1.82) is 0 Å². The van der Waals surface area contributed by atoms with Crippen LogP contribution in [0.5, 0.6) is 0 Å². The van der Waals surface area contributed by atoms with Gasteiger partial charge in [0.25, 0.3) is 0 Å². The molecule has 0 aliphatic carbocycles. The van der Waals surface area contributed by atoms with Gasteiger partial charge in [-0.05, 0) is 17.7 Å². The van der Waals surface area contributed by atoms with E-state index in [4.69, 9.17) is 16.3 Å². The number of nitrogens with one attached hydrogen (secondary N) is 1. The van der Waals surface area contributed by atoms with Crippen molar-refractivity contribution >= 4 is 11.6 Å². The summed E-state index contributed by atoms with van der Waals surface area (Å²) in [5.74, 6) is 0. The van der Waals surface area contributed by atoms with E-state index in [2.05, 4.69) is 15.4 Å². The van der Waals surface area contributed by atoms with Crippen LogP contribution in [0.4, 0.5) is 0 Å². The largest absolute Gasteiger partial charge is 0.371 e. The molecule has 1 unspecified atom stereocenters. The molecule has 0 amide bonds. The van der Waals surface area contributed by atoms with Crippen LogP contribution in [0.25, 0.3) is 5.69 Å². The number of aromatic nitrogens is 3. The fourth-order valence-electron chi connectivity index (χ4n) is 2.02. The molecule has 18 heavy (non-hydrogen) atoms. The highest BCUT2D eigenvalue weighted by atomic mass is 35.5. The molecule has 1 atom stereocenters. The van der Waals surface area contributed by atoms with Crippen molar-refractivity contribution in [3.8, 4) is 5.69 Å². The minimum absolute atomic E-state index is 0.0704. The van der Waals surface area contributed by atoms with Gasteiger partial charge in [-0.3, -0.25) is 0 Å². The van der Waals surface area contributed by atoms with Crippen molar-refractivity contribution in [2.45, 2.75) is 6.10 Å². The predicted octanol–water partition coefficient (Wildman–Crippen LogP) is 1.58. The second-order valence-corrected chi connectivity index (χ2v) is 4.52. The topological polar surface area (TPSA) is 52.0 Å². The SMILES string of the molecule is Clc1cc(C2CNCCO2)ccc1-n1cncn1. The van der Waals surface area contributed by atoms with Crippen molar-refractivity contribution in [3.63, 3.8) is 0 Å². The highest BCUT2D eigenvalue weighted by Crippen LogP contribution is 2.26. The standard InChI is InChI=1S/C12H13ClN4O/c13-10-5-9(12-6-14-3-4-18-12)1-2-11(10)17-8-15-7-16-17/h1-2,5,7-8,12,14H,3-4,6H2. The zero-order valence-electron chi connectivity index (χ0n) is 9.71. The molecule has 5 nitrogen and oxygen atoms in total. The molecule has 1 aliphatic heterocycles. The average molecular weight is 265 g/mol. The van der Waals surface area contributed by atoms with Crippen LogP contribution in [0.3, 0.4) is 0 Å². The van der Waals surface area contributed by atoms with Crippen LogP contribution < -0.4 is 5.32 Å². The minimum Gasteiger partial charge on any atom is -0.371 e. The Labute approximate surface area is 110 Å². The third-order valence-electron chi connectivity index (χ3n) is 2.94. The van der Waals surface area contributed by atoms with E-state index in [1.165, 1.54) is 6.33 Å². The van der Waals surface area contributed by atoms with E-state index < -0.39 is 0 Å². The molecule has 1 N–H and O–H groups in total. The fraction of sp³-hybridized carbons (Fsp3) is 0.333. The Balaban J connectivity index is 1.89. The van der Waals surface area contributed by atoms with Gasteiger partial charge in [0.05, 0.1) is 23.4 Å². The smallest absolute Gasteiger partial charge is 0.138 e. The molecule has 1 aromatic carbocycles. The Morgan fingerprint density at radius 2 is 2.39 bits per heavy atom. The van der Waals surface area contributed by atoms with Crippen LogP contribution >= 0.6 is 11.6 Å². The first-order valence-electron chi connectivity index (χ1n) is 5.81. The van der Waals surface area contributed by atoms with E-state index in [0.29, 0.717) is 5.02 Å². The minimum atomic E-state index is 0.0704. The van der Waals surface area contributed by atoms with E-state index in [0.717, 1.165) is 30.9 Å². The molecule has 94 valence electrons. The summed E-state index contributed by atoms with van der Waals surface area (Å²) in [5.41, 5.74) is 1.90. The lowest BCUT2D eigenvalue weighted by atomic mass is 10.1. The molecule has 0 radical (unpaired) electrons. The third kappa shape index (κ3) is 2.25. The first kappa shape index (κ1) is 11.6. The number of hydrogen-bond donors (Lipinski definition) is 1. The van der Waals surface area contributed by atoms with Gasteiger partial charge in [0.15, 0.2) is 0 Å². The van der Waals surface area contributed by atoms with E-state index in [9.17, 15) is 0 Å². The van der Waals surface area contributed by atoms with Crippen LogP contribution in [0.1, 0.15) is 11.7 Å². The molecule has 0 spiro atoms. The lowest BCUT2D eigenvalue weighted by Crippen LogP contribution is -2.33. The molecule has 1 aliphatic rings. The summed E-state index contributed by atoms with van der Waals surface area (Å²) in [6, 6.07) is 5.88. The lowest BCUT2D eigenvalue weighted by Gasteiger charge is -2.24. The number of rotatable bonds is 2. The fourth-order valence-corrected chi connectivity index (χ4v) is 2.30. The molecular weight excluding hydrogens is 252 g/mol. The van der Waals surface area contributed by atoms with Crippen molar-refractivity contribution in [3.05, 3.63) is 41.4 Å². The molecule has 0 bridgehead atoms. The number of halogens is 1. The zero-order chi connectivity index (χ0) is 12.4. The van der Waals surface area contributed by atoms with Crippen molar-refractivity contribution in [2.75, 3.05) is 19.7 Å². The highest BCUT2D eigenvalue weighted by molar-refractivity contribution is 6.32. The van der Waals surface area contributed by atoms with Gasteiger partial charge >= 0.3 is 0 Å². The first-order valence-corrected chi connectivity index (χ1v) is 6.19. The van der Waals surface area contributed by atoms with Gasteiger partial charge in [-0.2, -0.15) is 5.10 Å². The molecule has 1 saturated heterocycles. The Morgan fingerprint density at radius 3 is 3.06 bits per heavy atom. The van der Waals surface area contributed by atoms with Gasteiger partial charge in [0.1, 0.15) is 12.7 Å². The van der Waals surface area contributed by atoms with E-state index in [1.54, 1.807) is 11.0 Å². The Morgan fingerprint density at radius 1 is 1.44 bits per heavy atom. The van der Waals surface area contributed by atoms with Gasteiger partial charge in [-0.15, -0.1) is 0 Å². The number of ether oxygens (including phenoxy) is 1. The predicted molar refractivity (Wildman–Crippen MR) is 67.9 cm³/mol. The molecule has 2 heterocycles. The average Bonchev–Trinajstić information content (AvgIpc) is 2.93. The second-order valence-electron chi connectivity index (χ2n) is 4.11. The maximum atomic E-state index is 6.28. The summed E-state index contributed by atoms with van der Waals surface area (Å²) in [7, 11) is 0. The van der Waals surface area contributed by atoms with Gasteiger partial charge in [-0.25, -0.2) is 9.67 Å². The molecule has 3 rings (SSSR count). The summed E-state index contributed by atoms with van der Waals surface area (Å²) < 4.78 is 7.34. The number of benzene rings is 1. The van der Waals surface area contributed by atoms with E-state index in [-0.39, 0.29) is 6.10 Å². The zero-order valence-corrected chi connectivity index (χ0v) is 10.5. The van der Waals surface area contributed by atoms with Crippen LogP contribution in [-0.2, 0) is 4.74 Å². The second kappa shape index (κ2) is 5.06. The van der Waals surface area contributed by atoms with Crippen molar-refractivity contribution in [1.82, 2.24) is 20.1 Å². The number of hydrogen-bond acceptors (Lipinski definition) is 4. The van der Waals surface area contributed by atoms with Crippen molar-refractivity contribution < 1.29 is 4.74 Å². The highest BCUT2D eigenvalue weighted by Gasteiger charge is 2.17. The van der Waals surface area contributed by atoms with Crippen LogP contribution in [-0.4, -0.2) is 34.5 Å². The summed E-state index contributed by atoms with van der Waals surface area (Å²) in [6.45, 7) is 2.45. The first-order chi connectivity index (χ1) is 8.84. The maximum Gasteiger partial charge on any atom is 0.138 e. The quantitative estimate of drug-likeness (QED) is 0.895. The molecule has 0 saturated carbocycles. The Bertz CT molecular complexity index is 523. The van der Waals surface area contributed by atoms with Gasteiger partial charge in [0, 0.05) is 13.1 Å².